The third-order valence-corrected chi connectivity index (χ3v) is 4.56. The summed E-state index contributed by atoms with van der Waals surface area (Å²) in [6.45, 7) is 9.62. The summed E-state index contributed by atoms with van der Waals surface area (Å²) >= 11 is 2.05. The third kappa shape index (κ3) is 3.18. The number of aryl methyl sites for hydroxylation is 1. The van der Waals surface area contributed by atoms with Gasteiger partial charge in [0.15, 0.2) is 0 Å². The molecular formula is C14H23N3S. The average Bonchev–Trinajstić information content (AvgIpc) is 2.28. The standard InChI is InChI=1S/C14H23N3S/c1-11-8-12(4-5-15)9-16-13(11)17-6-7-18-14(2,3)10-17/h8-9H,4-7,10,15H2,1-3H3. The normalized spacial score (nSPS) is 19.0. The summed E-state index contributed by atoms with van der Waals surface area (Å²) in [5.74, 6) is 2.32. The van der Waals surface area contributed by atoms with Gasteiger partial charge in [0.05, 0.1) is 0 Å². The van der Waals surface area contributed by atoms with Crippen LogP contribution >= 0.6 is 11.8 Å². The number of hydrogen-bond donors (Lipinski definition) is 1. The fraction of sp³-hybridized carbons (Fsp3) is 0.643. The van der Waals surface area contributed by atoms with E-state index < -0.39 is 0 Å². The maximum atomic E-state index is 5.59. The summed E-state index contributed by atoms with van der Waals surface area (Å²) in [6.07, 6.45) is 2.89. The van der Waals surface area contributed by atoms with E-state index in [9.17, 15) is 0 Å². The van der Waals surface area contributed by atoms with Gasteiger partial charge in [-0.15, -0.1) is 0 Å². The highest BCUT2D eigenvalue weighted by Crippen LogP contribution is 2.32. The molecule has 100 valence electrons. The molecule has 0 spiro atoms. The molecule has 0 aliphatic carbocycles. The summed E-state index contributed by atoms with van der Waals surface area (Å²) < 4.78 is 0.322. The van der Waals surface area contributed by atoms with E-state index in [0.717, 1.165) is 25.3 Å². The highest BCUT2D eigenvalue weighted by molar-refractivity contribution is 8.00. The van der Waals surface area contributed by atoms with Crippen LogP contribution in [-0.4, -0.2) is 35.1 Å². The number of pyridine rings is 1. The molecule has 2 heterocycles. The van der Waals surface area contributed by atoms with Gasteiger partial charge in [-0.2, -0.15) is 11.8 Å². The molecule has 2 rings (SSSR count). The Morgan fingerprint density at radius 3 is 2.89 bits per heavy atom. The van der Waals surface area contributed by atoms with Gasteiger partial charge in [0.1, 0.15) is 5.82 Å². The van der Waals surface area contributed by atoms with Crippen molar-refractivity contribution in [3.63, 3.8) is 0 Å². The monoisotopic (exact) mass is 265 g/mol. The third-order valence-electron chi connectivity index (χ3n) is 3.27. The lowest BCUT2D eigenvalue weighted by Crippen LogP contribution is -2.43. The molecule has 0 aromatic carbocycles. The van der Waals surface area contributed by atoms with E-state index in [1.807, 2.05) is 18.0 Å². The van der Waals surface area contributed by atoms with Crippen molar-refractivity contribution in [2.75, 3.05) is 30.3 Å². The molecule has 1 aromatic rings. The molecule has 0 bridgehead atoms. The Labute approximate surface area is 114 Å². The number of thioether (sulfide) groups is 1. The first-order chi connectivity index (χ1) is 8.52. The summed E-state index contributed by atoms with van der Waals surface area (Å²) in [5, 5.41) is 0. The lowest BCUT2D eigenvalue weighted by atomic mass is 10.1. The predicted molar refractivity (Wildman–Crippen MR) is 80.5 cm³/mol. The van der Waals surface area contributed by atoms with E-state index in [2.05, 4.69) is 36.7 Å². The average molecular weight is 265 g/mol. The fourth-order valence-electron chi connectivity index (χ4n) is 2.46. The predicted octanol–water partition coefficient (Wildman–Crippen LogP) is 2.22. The number of aromatic nitrogens is 1. The topological polar surface area (TPSA) is 42.1 Å². The Balaban J connectivity index is 2.18. The van der Waals surface area contributed by atoms with E-state index in [4.69, 9.17) is 5.73 Å². The SMILES string of the molecule is Cc1cc(CCN)cnc1N1CCSC(C)(C)C1. The highest BCUT2D eigenvalue weighted by Gasteiger charge is 2.28. The Morgan fingerprint density at radius 2 is 2.28 bits per heavy atom. The van der Waals surface area contributed by atoms with Gasteiger partial charge in [-0.05, 0) is 44.9 Å². The van der Waals surface area contributed by atoms with Crippen molar-refractivity contribution in [3.8, 4) is 0 Å². The Hall–Kier alpha value is -0.740. The Bertz CT molecular complexity index is 418. The zero-order chi connectivity index (χ0) is 13.2. The lowest BCUT2D eigenvalue weighted by molar-refractivity contribution is 0.641. The van der Waals surface area contributed by atoms with Gasteiger partial charge in [0, 0.05) is 29.8 Å². The summed E-state index contributed by atoms with van der Waals surface area (Å²) in [4.78, 5) is 7.06. The molecule has 4 heteroatoms. The number of hydrogen-bond acceptors (Lipinski definition) is 4. The minimum atomic E-state index is 0.322. The first kappa shape index (κ1) is 13.7. The van der Waals surface area contributed by atoms with Crippen LogP contribution in [0.3, 0.4) is 0 Å². The van der Waals surface area contributed by atoms with Crippen molar-refractivity contribution in [1.82, 2.24) is 4.98 Å². The van der Waals surface area contributed by atoms with Gasteiger partial charge in [0.25, 0.3) is 0 Å². The van der Waals surface area contributed by atoms with Gasteiger partial charge in [-0.1, -0.05) is 6.07 Å². The fourth-order valence-corrected chi connectivity index (χ4v) is 3.57. The zero-order valence-corrected chi connectivity index (χ0v) is 12.4. The van der Waals surface area contributed by atoms with Crippen LogP contribution < -0.4 is 10.6 Å². The molecule has 1 aromatic heterocycles. The maximum absolute atomic E-state index is 5.59. The number of nitrogens with two attached hydrogens (primary N) is 1. The number of nitrogens with zero attached hydrogens (tertiary/aromatic N) is 2. The second-order valence-electron chi connectivity index (χ2n) is 5.55. The molecule has 0 saturated carbocycles. The second kappa shape index (κ2) is 5.49. The van der Waals surface area contributed by atoms with Crippen molar-refractivity contribution in [2.45, 2.75) is 31.9 Å². The van der Waals surface area contributed by atoms with Crippen LogP contribution in [0.25, 0.3) is 0 Å². The Kier molecular flexibility index (Phi) is 4.17. The van der Waals surface area contributed by atoms with Crippen LogP contribution in [0.1, 0.15) is 25.0 Å². The van der Waals surface area contributed by atoms with Gasteiger partial charge in [-0.3, -0.25) is 0 Å². The quantitative estimate of drug-likeness (QED) is 0.910. The largest absolute Gasteiger partial charge is 0.354 e. The summed E-state index contributed by atoms with van der Waals surface area (Å²) in [6, 6.07) is 2.23. The highest BCUT2D eigenvalue weighted by atomic mass is 32.2. The molecule has 1 aliphatic rings. The zero-order valence-electron chi connectivity index (χ0n) is 11.6. The van der Waals surface area contributed by atoms with Crippen molar-refractivity contribution in [2.24, 2.45) is 5.73 Å². The van der Waals surface area contributed by atoms with Crippen LogP contribution in [0.2, 0.25) is 0 Å². The van der Waals surface area contributed by atoms with Gasteiger partial charge in [0.2, 0.25) is 0 Å². The lowest BCUT2D eigenvalue weighted by Gasteiger charge is -2.38. The summed E-state index contributed by atoms with van der Waals surface area (Å²) in [7, 11) is 0. The van der Waals surface area contributed by atoms with Crippen LogP contribution in [0.5, 0.6) is 0 Å². The molecule has 2 N–H and O–H groups in total. The Morgan fingerprint density at radius 1 is 1.50 bits per heavy atom. The minimum Gasteiger partial charge on any atom is -0.354 e. The molecular weight excluding hydrogens is 242 g/mol. The van der Waals surface area contributed by atoms with Crippen molar-refractivity contribution in [1.29, 1.82) is 0 Å². The second-order valence-corrected chi connectivity index (χ2v) is 7.35. The first-order valence-electron chi connectivity index (χ1n) is 6.56. The van der Waals surface area contributed by atoms with E-state index in [1.165, 1.54) is 16.9 Å². The van der Waals surface area contributed by atoms with Crippen LogP contribution in [0.4, 0.5) is 5.82 Å². The number of anilines is 1. The molecule has 3 nitrogen and oxygen atoms in total. The van der Waals surface area contributed by atoms with Gasteiger partial charge < -0.3 is 10.6 Å². The van der Waals surface area contributed by atoms with Crippen molar-refractivity contribution < 1.29 is 0 Å². The van der Waals surface area contributed by atoms with Gasteiger partial charge in [-0.25, -0.2) is 4.98 Å². The van der Waals surface area contributed by atoms with E-state index >= 15 is 0 Å². The molecule has 0 radical (unpaired) electrons. The van der Waals surface area contributed by atoms with Crippen LogP contribution in [0, 0.1) is 6.92 Å². The molecule has 1 aliphatic heterocycles. The molecule has 18 heavy (non-hydrogen) atoms. The van der Waals surface area contributed by atoms with Crippen molar-refractivity contribution in [3.05, 3.63) is 23.4 Å². The smallest absolute Gasteiger partial charge is 0.131 e. The first-order valence-corrected chi connectivity index (χ1v) is 7.55. The molecule has 1 saturated heterocycles. The van der Waals surface area contributed by atoms with E-state index in [0.29, 0.717) is 11.3 Å². The van der Waals surface area contributed by atoms with E-state index in [1.54, 1.807) is 0 Å². The molecule has 1 fully saturated rings. The van der Waals surface area contributed by atoms with E-state index in [-0.39, 0.29) is 0 Å². The summed E-state index contributed by atoms with van der Waals surface area (Å²) in [5.41, 5.74) is 8.09. The van der Waals surface area contributed by atoms with Crippen LogP contribution in [-0.2, 0) is 6.42 Å². The maximum Gasteiger partial charge on any atom is 0.131 e. The molecule has 0 unspecified atom stereocenters. The molecule has 0 atom stereocenters. The van der Waals surface area contributed by atoms with Crippen LogP contribution in [0.15, 0.2) is 12.3 Å². The van der Waals surface area contributed by atoms with Gasteiger partial charge >= 0.3 is 0 Å². The van der Waals surface area contributed by atoms with Crippen molar-refractivity contribution >= 4 is 17.6 Å². The minimum absolute atomic E-state index is 0.322. The number of rotatable bonds is 3. The molecule has 0 amide bonds.